The topological polar surface area (TPSA) is 47.6 Å². The molecule has 22 heavy (non-hydrogen) atoms. The third-order valence-corrected chi connectivity index (χ3v) is 3.26. The molecule has 1 N–H and O–H groups in total. The molecule has 4 nitrogen and oxygen atoms in total. The summed E-state index contributed by atoms with van der Waals surface area (Å²) in [6, 6.07) is 10.1. The van der Waals surface area contributed by atoms with Crippen LogP contribution >= 0.6 is 11.6 Å². The van der Waals surface area contributed by atoms with Gasteiger partial charge in [0, 0.05) is 16.8 Å². The van der Waals surface area contributed by atoms with Gasteiger partial charge in [0.05, 0.1) is 19.2 Å². The van der Waals surface area contributed by atoms with Gasteiger partial charge in [0.25, 0.3) is 5.91 Å². The van der Waals surface area contributed by atoms with Gasteiger partial charge in [0.2, 0.25) is 0 Å². The van der Waals surface area contributed by atoms with Gasteiger partial charge in [0.15, 0.2) is 11.5 Å². The summed E-state index contributed by atoms with van der Waals surface area (Å²) in [7, 11) is 2.96. The SMILES string of the molecule is C#Cc1cccc(NC(=O)c2cc(Cl)c(OC)c(OC)c2)c1. The van der Waals surface area contributed by atoms with Crippen molar-refractivity contribution in [3.8, 4) is 23.8 Å². The van der Waals surface area contributed by atoms with Crippen molar-refractivity contribution in [1.29, 1.82) is 0 Å². The smallest absolute Gasteiger partial charge is 0.255 e. The van der Waals surface area contributed by atoms with Crippen molar-refractivity contribution >= 4 is 23.2 Å². The van der Waals surface area contributed by atoms with Crippen molar-refractivity contribution in [2.45, 2.75) is 0 Å². The summed E-state index contributed by atoms with van der Waals surface area (Å²) < 4.78 is 10.3. The lowest BCUT2D eigenvalue weighted by Crippen LogP contribution is -2.12. The lowest BCUT2D eigenvalue weighted by molar-refractivity contribution is 0.102. The fraction of sp³-hybridized carbons (Fsp3) is 0.118. The maximum Gasteiger partial charge on any atom is 0.255 e. The Kier molecular flexibility index (Phi) is 4.92. The van der Waals surface area contributed by atoms with Gasteiger partial charge in [-0.15, -0.1) is 6.42 Å². The molecule has 0 radical (unpaired) electrons. The van der Waals surface area contributed by atoms with Gasteiger partial charge in [-0.25, -0.2) is 0 Å². The number of methoxy groups -OCH3 is 2. The van der Waals surface area contributed by atoms with Crippen LogP contribution in [0.2, 0.25) is 5.02 Å². The summed E-state index contributed by atoms with van der Waals surface area (Å²) in [4.78, 5) is 12.3. The Labute approximate surface area is 134 Å². The maximum absolute atomic E-state index is 12.3. The third-order valence-electron chi connectivity index (χ3n) is 2.98. The molecule has 0 aliphatic rings. The highest BCUT2D eigenvalue weighted by molar-refractivity contribution is 6.32. The zero-order valence-corrected chi connectivity index (χ0v) is 12.9. The minimum Gasteiger partial charge on any atom is -0.493 e. The molecule has 0 bridgehead atoms. The first kappa shape index (κ1) is 15.7. The second-order valence-corrected chi connectivity index (χ2v) is 4.78. The number of halogens is 1. The number of carbonyl (C=O) groups is 1. The number of anilines is 1. The van der Waals surface area contributed by atoms with Gasteiger partial charge in [-0.3, -0.25) is 4.79 Å². The van der Waals surface area contributed by atoms with E-state index in [0.29, 0.717) is 33.3 Å². The van der Waals surface area contributed by atoms with E-state index in [2.05, 4.69) is 11.2 Å². The predicted octanol–water partition coefficient (Wildman–Crippen LogP) is 3.59. The van der Waals surface area contributed by atoms with Gasteiger partial charge in [-0.1, -0.05) is 23.6 Å². The number of nitrogens with one attached hydrogen (secondary N) is 1. The van der Waals surface area contributed by atoms with E-state index in [1.54, 1.807) is 30.3 Å². The number of amides is 1. The Hall–Kier alpha value is -2.64. The molecule has 2 aromatic rings. The van der Waals surface area contributed by atoms with E-state index in [0.717, 1.165) is 0 Å². The number of hydrogen-bond donors (Lipinski definition) is 1. The molecule has 0 spiro atoms. The van der Waals surface area contributed by atoms with Crippen LogP contribution in [0, 0.1) is 12.3 Å². The number of terminal acetylenes is 1. The number of benzene rings is 2. The van der Waals surface area contributed by atoms with Crippen LogP contribution in [-0.4, -0.2) is 20.1 Å². The first-order chi connectivity index (χ1) is 10.6. The van der Waals surface area contributed by atoms with E-state index in [-0.39, 0.29) is 5.91 Å². The summed E-state index contributed by atoms with van der Waals surface area (Å²) >= 11 is 6.10. The van der Waals surface area contributed by atoms with Crippen molar-refractivity contribution in [3.05, 3.63) is 52.5 Å². The van der Waals surface area contributed by atoms with Crippen LogP contribution in [0.1, 0.15) is 15.9 Å². The average molecular weight is 316 g/mol. The van der Waals surface area contributed by atoms with Gasteiger partial charge in [-0.2, -0.15) is 0 Å². The highest BCUT2D eigenvalue weighted by Crippen LogP contribution is 2.36. The monoisotopic (exact) mass is 315 g/mol. The van der Waals surface area contributed by atoms with Crippen LogP contribution in [0.3, 0.4) is 0 Å². The van der Waals surface area contributed by atoms with Gasteiger partial charge in [-0.05, 0) is 30.3 Å². The van der Waals surface area contributed by atoms with E-state index >= 15 is 0 Å². The zero-order valence-electron chi connectivity index (χ0n) is 12.1. The molecule has 112 valence electrons. The van der Waals surface area contributed by atoms with Crippen molar-refractivity contribution in [3.63, 3.8) is 0 Å². The fourth-order valence-electron chi connectivity index (χ4n) is 1.94. The van der Waals surface area contributed by atoms with Gasteiger partial charge in [0.1, 0.15) is 0 Å². The highest BCUT2D eigenvalue weighted by Gasteiger charge is 2.15. The molecule has 2 rings (SSSR count). The minimum absolute atomic E-state index is 0.296. The molecule has 0 atom stereocenters. The lowest BCUT2D eigenvalue weighted by Gasteiger charge is -2.12. The molecule has 0 heterocycles. The summed E-state index contributed by atoms with van der Waals surface area (Å²) in [5.74, 6) is 2.96. The van der Waals surface area contributed by atoms with E-state index in [1.807, 2.05) is 0 Å². The molecule has 0 aliphatic heterocycles. The molecule has 0 aromatic heterocycles. The van der Waals surface area contributed by atoms with Crippen LogP contribution in [0.25, 0.3) is 0 Å². The highest BCUT2D eigenvalue weighted by atomic mass is 35.5. The Bertz CT molecular complexity index is 750. The molecular formula is C17H14ClNO3. The molecule has 5 heteroatoms. The molecule has 1 amide bonds. The van der Waals surface area contributed by atoms with E-state index < -0.39 is 0 Å². The molecular weight excluding hydrogens is 302 g/mol. The third kappa shape index (κ3) is 3.33. The molecule has 0 fully saturated rings. The van der Waals surface area contributed by atoms with Crippen LogP contribution in [0.4, 0.5) is 5.69 Å². The van der Waals surface area contributed by atoms with E-state index in [9.17, 15) is 4.79 Å². The molecule has 0 unspecified atom stereocenters. The van der Waals surface area contributed by atoms with Crippen molar-refractivity contribution < 1.29 is 14.3 Å². The van der Waals surface area contributed by atoms with Crippen molar-refractivity contribution in [2.24, 2.45) is 0 Å². The number of rotatable bonds is 4. The van der Waals surface area contributed by atoms with Crippen LogP contribution in [-0.2, 0) is 0 Å². The second kappa shape index (κ2) is 6.88. The van der Waals surface area contributed by atoms with Gasteiger partial charge < -0.3 is 14.8 Å². The Balaban J connectivity index is 2.30. The lowest BCUT2D eigenvalue weighted by atomic mass is 10.1. The first-order valence-electron chi connectivity index (χ1n) is 6.38. The maximum atomic E-state index is 12.3. The predicted molar refractivity (Wildman–Crippen MR) is 86.9 cm³/mol. The summed E-state index contributed by atoms with van der Waals surface area (Å²) in [6.45, 7) is 0. The molecule has 2 aromatic carbocycles. The molecule has 0 saturated heterocycles. The minimum atomic E-state index is -0.322. The van der Waals surface area contributed by atoms with E-state index in [1.165, 1.54) is 20.3 Å². The Morgan fingerprint density at radius 2 is 2.00 bits per heavy atom. The second-order valence-electron chi connectivity index (χ2n) is 4.37. The van der Waals surface area contributed by atoms with Crippen molar-refractivity contribution in [1.82, 2.24) is 0 Å². The van der Waals surface area contributed by atoms with Gasteiger partial charge >= 0.3 is 0 Å². The van der Waals surface area contributed by atoms with E-state index in [4.69, 9.17) is 27.5 Å². The van der Waals surface area contributed by atoms with Crippen LogP contribution < -0.4 is 14.8 Å². The quantitative estimate of drug-likeness (QED) is 0.877. The summed E-state index contributed by atoms with van der Waals surface area (Å²) in [5.41, 5.74) is 1.64. The summed E-state index contributed by atoms with van der Waals surface area (Å²) in [5, 5.41) is 3.06. The Morgan fingerprint density at radius 3 is 2.64 bits per heavy atom. The standard InChI is InChI=1S/C17H14ClNO3/c1-4-11-6-5-7-13(8-11)19-17(20)12-9-14(18)16(22-3)15(10-12)21-2/h1,5-10H,2-3H3,(H,19,20). The first-order valence-corrected chi connectivity index (χ1v) is 6.76. The molecule has 0 aliphatic carbocycles. The van der Waals surface area contributed by atoms with Crippen LogP contribution in [0.5, 0.6) is 11.5 Å². The van der Waals surface area contributed by atoms with Crippen molar-refractivity contribution in [2.75, 3.05) is 19.5 Å². The average Bonchev–Trinajstić information content (AvgIpc) is 2.54. The van der Waals surface area contributed by atoms with Crippen LogP contribution in [0.15, 0.2) is 36.4 Å². The normalized spacial score (nSPS) is 9.73. The number of hydrogen-bond acceptors (Lipinski definition) is 3. The zero-order chi connectivity index (χ0) is 16.1. The summed E-state index contributed by atoms with van der Waals surface area (Å²) in [6.07, 6.45) is 5.34. The Morgan fingerprint density at radius 1 is 1.23 bits per heavy atom. The fourth-order valence-corrected chi connectivity index (χ4v) is 2.23. The number of ether oxygens (including phenoxy) is 2. The number of carbonyl (C=O) groups excluding carboxylic acids is 1. The largest absolute Gasteiger partial charge is 0.493 e. The molecule has 0 saturated carbocycles.